The molecule has 1 aliphatic carbocycles. The van der Waals surface area contributed by atoms with Gasteiger partial charge in [-0.05, 0) is 18.8 Å². The van der Waals surface area contributed by atoms with Gasteiger partial charge in [-0.3, -0.25) is 9.59 Å². The van der Waals surface area contributed by atoms with Gasteiger partial charge >= 0.3 is 5.97 Å². The SMILES string of the molecule is COC(=O)CCC(=O)NC1CCCCC1C. The molecule has 92 valence electrons. The van der Waals surface area contributed by atoms with Gasteiger partial charge in [0.05, 0.1) is 13.5 Å². The monoisotopic (exact) mass is 227 g/mol. The van der Waals surface area contributed by atoms with Crippen LogP contribution in [-0.4, -0.2) is 25.0 Å². The highest BCUT2D eigenvalue weighted by molar-refractivity contribution is 5.81. The van der Waals surface area contributed by atoms with Crippen LogP contribution in [0.1, 0.15) is 45.4 Å². The lowest BCUT2D eigenvalue weighted by atomic mass is 9.86. The van der Waals surface area contributed by atoms with Crippen LogP contribution in [0.5, 0.6) is 0 Å². The molecule has 0 aliphatic heterocycles. The summed E-state index contributed by atoms with van der Waals surface area (Å²) in [5.41, 5.74) is 0. The van der Waals surface area contributed by atoms with Crippen LogP contribution in [0, 0.1) is 5.92 Å². The molecule has 0 aromatic carbocycles. The molecule has 0 radical (unpaired) electrons. The molecule has 0 heterocycles. The Bertz CT molecular complexity index is 253. The molecule has 1 aliphatic rings. The lowest BCUT2D eigenvalue weighted by molar-refractivity contribution is -0.142. The number of carbonyl (C=O) groups is 2. The van der Waals surface area contributed by atoms with Crippen LogP contribution in [-0.2, 0) is 14.3 Å². The highest BCUT2D eigenvalue weighted by Crippen LogP contribution is 2.23. The Morgan fingerprint density at radius 3 is 2.56 bits per heavy atom. The van der Waals surface area contributed by atoms with E-state index in [0.717, 1.165) is 6.42 Å². The summed E-state index contributed by atoms with van der Waals surface area (Å²) in [7, 11) is 1.34. The molecule has 0 aromatic heterocycles. The molecule has 4 heteroatoms. The molecule has 16 heavy (non-hydrogen) atoms. The van der Waals surface area contributed by atoms with E-state index in [1.54, 1.807) is 0 Å². The topological polar surface area (TPSA) is 55.4 Å². The van der Waals surface area contributed by atoms with E-state index in [2.05, 4.69) is 17.0 Å². The summed E-state index contributed by atoms with van der Waals surface area (Å²) in [6, 6.07) is 0.291. The third kappa shape index (κ3) is 4.21. The summed E-state index contributed by atoms with van der Waals surface area (Å²) in [6.45, 7) is 2.17. The summed E-state index contributed by atoms with van der Waals surface area (Å²) >= 11 is 0. The minimum atomic E-state index is -0.327. The number of hydrogen-bond donors (Lipinski definition) is 1. The Labute approximate surface area is 96.7 Å². The van der Waals surface area contributed by atoms with Gasteiger partial charge in [0.15, 0.2) is 0 Å². The third-order valence-corrected chi connectivity index (χ3v) is 3.24. The minimum Gasteiger partial charge on any atom is -0.469 e. The summed E-state index contributed by atoms with van der Waals surface area (Å²) in [5.74, 6) is 0.187. The Morgan fingerprint density at radius 1 is 1.25 bits per heavy atom. The highest BCUT2D eigenvalue weighted by atomic mass is 16.5. The van der Waals surface area contributed by atoms with Crippen molar-refractivity contribution in [2.24, 2.45) is 5.92 Å². The number of nitrogens with one attached hydrogen (secondary N) is 1. The average molecular weight is 227 g/mol. The second kappa shape index (κ2) is 6.51. The Kier molecular flexibility index (Phi) is 5.29. The van der Waals surface area contributed by atoms with Crippen LogP contribution in [0.4, 0.5) is 0 Å². The van der Waals surface area contributed by atoms with E-state index in [0.29, 0.717) is 12.0 Å². The van der Waals surface area contributed by atoms with Gasteiger partial charge in [0, 0.05) is 12.5 Å². The Balaban J connectivity index is 2.24. The fourth-order valence-electron chi connectivity index (χ4n) is 2.13. The fourth-order valence-corrected chi connectivity index (χ4v) is 2.13. The van der Waals surface area contributed by atoms with Crippen molar-refractivity contribution in [2.45, 2.75) is 51.5 Å². The largest absolute Gasteiger partial charge is 0.469 e. The number of ether oxygens (including phenoxy) is 1. The van der Waals surface area contributed by atoms with Crippen LogP contribution in [0.2, 0.25) is 0 Å². The lowest BCUT2D eigenvalue weighted by Gasteiger charge is -2.29. The highest BCUT2D eigenvalue weighted by Gasteiger charge is 2.22. The quantitative estimate of drug-likeness (QED) is 0.743. The molecule has 1 fully saturated rings. The van der Waals surface area contributed by atoms with E-state index < -0.39 is 0 Å². The zero-order valence-electron chi connectivity index (χ0n) is 10.1. The van der Waals surface area contributed by atoms with Crippen LogP contribution < -0.4 is 5.32 Å². The van der Waals surface area contributed by atoms with Gasteiger partial charge in [-0.15, -0.1) is 0 Å². The fraction of sp³-hybridized carbons (Fsp3) is 0.833. The van der Waals surface area contributed by atoms with E-state index in [1.165, 1.54) is 26.4 Å². The molecule has 2 unspecified atom stereocenters. The smallest absolute Gasteiger partial charge is 0.306 e. The van der Waals surface area contributed by atoms with E-state index in [1.807, 2.05) is 0 Å². The molecule has 0 saturated heterocycles. The van der Waals surface area contributed by atoms with Gasteiger partial charge in [-0.1, -0.05) is 19.8 Å². The molecule has 1 amide bonds. The van der Waals surface area contributed by atoms with Crippen molar-refractivity contribution in [3.05, 3.63) is 0 Å². The summed E-state index contributed by atoms with van der Waals surface area (Å²) < 4.78 is 4.49. The van der Waals surface area contributed by atoms with Crippen LogP contribution >= 0.6 is 0 Å². The molecule has 0 bridgehead atoms. The lowest BCUT2D eigenvalue weighted by Crippen LogP contribution is -2.41. The van der Waals surface area contributed by atoms with Crippen LogP contribution in [0.25, 0.3) is 0 Å². The summed E-state index contributed by atoms with van der Waals surface area (Å²) in [6.07, 6.45) is 5.09. The molecule has 4 nitrogen and oxygen atoms in total. The predicted octanol–water partition coefficient (Wildman–Crippen LogP) is 1.63. The van der Waals surface area contributed by atoms with Crippen molar-refractivity contribution in [1.29, 1.82) is 0 Å². The summed E-state index contributed by atoms with van der Waals surface area (Å²) in [5, 5.41) is 3.00. The number of esters is 1. The standard InChI is InChI=1S/C12H21NO3/c1-9-5-3-4-6-10(9)13-11(14)7-8-12(15)16-2/h9-10H,3-8H2,1-2H3,(H,13,14). The first-order valence-electron chi connectivity index (χ1n) is 5.99. The molecule has 1 rings (SSSR count). The van der Waals surface area contributed by atoms with Crippen molar-refractivity contribution >= 4 is 11.9 Å². The number of methoxy groups -OCH3 is 1. The normalized spacial score (nSPS) is 24.9. The molecular weight excluding hydrogens is 206 g/mol. The van der Waals surface area contributed by atoms with Crippen molar-refractivity contribution < 1.29 is 14.3 Å². The van der Waals surface area contributed by atoms with Gasteiger partial charge in [-0.2, -0.15) is 0 Å². The average Bonchev–Trinajstić information content (AvgIpc) is 2.29. The number of carbonyl (C=O) groups excluding carboxylic acids is 2. The van der Waals surface area contributed by atoms with E-state index >= 15 is 0 Å². The molecular formula is C12H21NO3. The second-order valence-corrected chi connectivity index (χ2v) is 4.51. The maximum absolute atomic E-state index is 11.6. The van der Waals surface area contributed by atoms with Gasteiger partial charge in [0.1, 0.15) is 0 Å². The molecule has 2 atom stereocenters. The van der Waals surface area contributed by atoms with Crippen molar-refractivity contribution in [3.63, 3.8) is 0 Å². The second-order valence-electron chi connectivity index (χ2n) is 4.51. The minimum absolute atomic E-state index is 0.0378. The molecule has 0 aromatic rings. The first kappa shape index (κ1) is 13.0. The molecule has 1 saturated carbocycles. The molecule has 0 spiro atoms. The maximum Gasteiger partial charge on any atom is 0.306 e. The Hall–Kier alpha value is -1.06. The predicted molar refractivity (Wildman–Crippen MR) is 60.8 cm³/mol. The first-order valence-corrected chi connectivity index (χ1v) is 5.99. The van der Waals surface area contributed by atoms with Crippen molar-refractivity contribution in [1.82, 2.24) is 5.32 Å². The number of amides is 1. The number of rotatable bonds is 4. The van der Waals surface area contributed by atoms with Crippen LogP contribution in [0.15, 0.2) is 0 Å². The first-order chi connectivity index (χ1) is 7.63. The van der Waals surface area contributed by atoms with E-state index in [-0.39, 0.29) is 24.7 Å². The number of hydrogen-bond acceptors (Lipinski definition) is 3. The Morgan fingerprint density at radius 2 is 1.94 bits per heavy atom. The van der Waals surface area contributed by atoms with Gasteiger partial charge in [0.2, 0.25) is 5.91 Å². The maximum atomic E-state index is 11.6. The van der Waals surface area contributed by atoms with E-state index in [4.69, 9.17) is 0 Å². The molecule has 1 N–H and O–H groups in total. The zero-order chi connectivity index (χ0) is 12.0. The van der Waals surface area contributed by atoms with Crippen molar-refractivity contribution in [3.8, 4) is 0 Å². The third-order valence-electron chi connectivity index (χ3n) is 3.24. The van der Waals surface area contributed by atoms with Crippen LogP contribution in [0.3, 0.4) is 0 Å². The van der Waals surface area contributed by atoms with Gasteiger partial charge in [0.25, 0.3) is 0 Å². The zero-order valence-corrected chi connectivity index (χ0v) is 10.1. The van der Waals surface area contributed by atoms with Gasteiger partial charge in [-0.25, -0.2) is 0 Å². The van der Waals surface area contributed by atoms with Gasteiger partial charge < -0.3 is 10.1 Å². The van der Waals surface area contributed by atoms with E-state index in [9.17, 15) is 9.59 Å². The summed E-state index contributed by atoms with van der Waals surface area (Å²) in [4.78, 5) is 22.4. The van der Waals surface area contributed by atoms with Crippen molar-refractivity contribution in [2.75, 3.05) is 7.11 Å².